The van der Waals surface area contributed by atoms with Gasteiger partial charge < -0.3 is 15.6 Å². The molecular formula is C51H43BN3. The summed E-state index contributed by atoms with van der Waals surface area (Å²) in [6.45, 7) is 8.95. The number of aryl methyl sites for hydroxylation is 2. The maximum atomic E-state index is 6.45. The molecule has 0 bridgehead atoms. The first-order valence-corrected chi connectivity index (χ1v) is 19.6. The monoisotopic (exact) mass is 708 g/mol. The third-order valence-electron chi connectivity index (χ3n) is 11.8. The number of aromatic amines is 1. The summed E-state index contributed by atoms with van der Waals surface area (Å²) in [6, 6.07) is 35.8. The van der Waals surface area contributed by atoms with Crippen LogP contribution in [0.1, 0.15) is 65.3 Å². The summed E-state index contributed by atoms with van der Waals surface area (Å²) >= 11 is 0. The summed E-state index contributed by atoms with van der Waals surface area (Å²) in [6.07, 6.45) is 18.4. The molecule has 3 nitrogen and oxygen atoms in total. The van der Waals surface area contributed by atoms with E-state index in [1.807, 2.05) is 0 Å². The SMILES string of the molecule is C=C(/C=C\C1=C(C)[B]c2c(cc3c(c2-c2cc(C)cc4c5c([nH]c24)CCC(N)=C5)-c2ccccc2C3)N1c1ccc(C2=CCCC=C2)cc1)c1ccccc1. The Kier molecular flexibility index (Phi) is 8.03. The molecule has 1 radical (unpaired) electrons. The van der Waals surface area contributed by atoms with E-state index < -0.39 is 0 Å². The Morgan fingerprint density at radius 1 is 0.855 bits per heavy atom. The van der Waals surface area contributed by atoms with Crippen LogP contribution in [0, 0.1) is 6.92 Å². The zero-order chi connectivity index (χ0) is 37.2. The molecule has 5 aromatic carbocycles. The first-order valence-electron chi connectivity index (χ1n) is 19.6. The van der Waals surface area contributed by atoms with Crippen molar-refractivity contribution in [3.63, 3.8) is 0 Å². The third-order valence-corrected chi connectivity index (χ3v) is 11.8. The molecule has 4 aliphatic rings. The Labute approximate surface area is 324 Å². The number of hydrogen-bond donors (Lipinski definition) is 2. The number of rotatable bonds is 6. The fourth-order valence-electron chi connectivity index (χ4n) is 9.16. The summed E-state index contributed by atoms with van der Waals surface area (Å²) in [5.74, 6) is 0. The van der Waals surface area contributed by atoms with E-state index in [1.54, 1.807) is 0 Å². The van der Waals surface area contributed by atoms with Gasteiger partial charge in [0.05, 0.1) is 5.52 Å². The molecule has 0 spiro atoms. The normalized spacial score (nSPS) is 15.7. The Balaban J connectivity index is 1.22. The molecule has 4 heteroatoms. The van der Waals surface area contributed by atoms with Gasteiger partial charge in [-0.2, -0.15) is 0 Å². The van der Waals surface area contributed by atoms with Gasteiger partial charge >= 0.3 is 0 Å². The minimum Gasteiger partial charge on any atom is -0.402 e. The molecule has 1 aromatic heterocycles. The van der Waals surface area contributed by atoms with Gasteiger partial charge in [-0.1, -0.05) is 110 Å². The number of nitrogens with one attached hydrogen (secondary N) is 1. The van der Waals surface area contributed by atoms with Crippen LogP contribution in [-0.2, 0) is 12.8 Å². The van der Waals surface area contributed by atoms with E-state index in [2.05, 4.69) is 171 Å². The Morgan fingerprint density at radius 3 is 2.49 bits per heavy atom. The number of H-pyrrole nitrogens is 1. The molecule has 1 aliphatic heterocycles. The van der Waals surface area contributed by atoms with Crippen LogP contribution in [0.2, 0.25) is 0 Å². The second-order valence-corrected chi connectivity index (χ2v) is 15.5. The summed E-state index contributed by atoms with van der Waals surface area (Å²) in [4.78, 5) is 6.41. The molecule has 6 aromatic rings. The average Bonchev–Trinajstić information content (AvgIpc) is 3.77. The maximum absolute atomic E-state index is 6.45. The fraction of sp³-hybridized carbons (Fsp3) is 0.137. The van der Waals surface area contributed by atoms with Crippen LogP contribution in [0.4, 0.5) is 11.4 Å². The highest BCUT2D eigenvalue weighted by Gasteiger charge is 2.34. The Morgan fingerprint density at radius 2 is 1.67 bits per heavy atom. The molecular weight excluding hydrogens is 665 g/mol. The van der Waals surface area contributed by atoms with E-state index in [0.717, 1.165) is 60.3 Å². The second-order valence-electron chi connectivity index (χ2n) is 15.5. The zero-order valence-electron chi connectivity index (χ0n) is 31.5. The molecule has 55 heavy (non-hydrogen) atoms. The lowest BCUT2D eigenvalue weighted by Gasteiger charge is -2.36. The van der Waals surface area contributed by atoms with Gasteiger partial charge in [0.2, 0.25) is 0 Å². The van der Waals surface area contributed by atoms with Crippen LogP contribution < -0.4 is 16.1 Å². The Bertz CT molecular complexity index is 2730. The number of hydrogen-bond acceptors (Lipinski definition) is 2. The number of benzene rings is 5. The third kappa shape index (κ3) is 5.67. The van der Waals surface area contributed by atoms with Crippen molar-refractivity contribution in [2.75, 3.05) is 4.90 Å². The van der Waals surface area contributed by atoms with E-state index in [4.69, 9.17) is 5.73 Å². The molecule has 3 N–H and O–H groups in total. The van der Waals surface area contributed by atoms with Crippen molar-refractivity contribution in [1.29, 1.82) is 0 Å². The van der Waals surface area contributed by atoms with Crippen molar-refractivity contribution in [2.24, 2.45) is 5.73 Å². The second kappa shape index (κ2) is 13.2. The average molecular weight is 709 g/mol. The van der Waals surface area contributed by atoms with Crippen molar-refractivity contribution in [3.05, 3.63) is 190 Å². The van der Waals surface area contributed by atoms with Gasteiger partial charge in [-0.25, -0.2) is 0 Å². The topological polar surface area (TPSA) is 45.1 Å². The highest BCUT2D eigenvalue weighted by atomic mass is 15.2. The van der Waals surface area contributed by atoms with E-state index in [1.165, 1.54) is 88.9 Å². The first-order chi connectivity index (χ1) is 26.9. The van der Waals surface area contributed by atoms with Crippen LogP contribution in [0.3, 0.4) is 0 Å². The molecule has 2 heterocycles. The van der Waals surface area contributed by atoms with Crippen LogP contribution >= 0.6 is 0 Å². The van der Waals surface area contributed by atoms with Gasteiger partial charge in [-0.05, 0) is 143 Å². The molecule has 10 rings (SSSR count). The fourth-order valence-corrected chi connectivity index (χ4v) is 9.16. The molecule has 0 saturated heterocycles. The largest absolute Gasteiger partial charge is 0.402 e. The number of allylic oxidation sites excluding steroid dienone is 9. The van der Waals surface area contributed by atoms with E-state index in [-0.39, 0.29) is 0 Å². The zero-order valence-corrected chi connectivity index (χ0v) is 31.5. The summed E-state index contributed by atoms with van der Waals surface area (Å²) < 4.78 is 0. The molecule has 0 atom stereocenters. The predicted molar refractivity (Wildman–Crippen MR) is 235 cm³/mol. The lowest BCUT2D eigenvalue weighted by Crippen LogP contribution is -2.35. The van der Waals surface area contributed by atoms with Gasteiger partial charge in [0.25, 0.3) is 0 Å². The number of nitrogens with two attached hydrogens (primary N) is 1. The maximum Gasteiger partial charge on any atom is 0.191 e. The molecule has 3 aliphatic carbocycles. The van der Waals surface area contributed by atoms with Crippen LogP contribution in [0.5, 0.6) is 0 Å². The number of nitrogens with zero attached hydrogens (tertiary/aromatic N) is 1. The molecule has 0 fully saturated rings. The van der Waals surface area contributed by atoms with E-state index >= 15 is 0 Å². The summed E-state index contributed by atoms with van der Waals surface area (Å²) in [7, 11) is 2.42. The van der Waals surface area contributed by atoms with Crippen LogP contribution in [0.25, 0.3) is 50.4 Å². The van der Waals surface area contributed by atoms with Gasteiger partial charge in [-0.3, -0.25) is 0 Å². The Hall–Kier alpha value is -6.26. The number of anilines is 2. The van der Waals surface area contributed by atoms with Crippen molar-refractivity contribution in [3.8, 4) is 22.3 Å². The lowest BCUT2D eigenvalue weighted by molar-refractivity contribution is 0.890. The van der Waals surface area contributed by atoms with Crippen molar-refractivity contribution < 1.29 is 0 Å². The minimum atomic E-state index is 0.879. The smallest absolute Gasteiger partial charge is 0.191 e. The van der Waals surface area contributed by atoms with E-state index in [9.17, 15) is 0 Å². The van der Waals surface area contributed by atoms with Gasteiger partial charge in [0, 0.05) is 45.0 Å². The summed E-state index contributed by atoms with van der Waals surface area (Å²) in [5, 5.41) is 1.25. The summed E-state index contributed by atoms with van der Waals surface area (Å²) in [5.41, 5.74) is 30.8. The molecule has 0 amide bonds. The highest BCUT2D eigenvalue weighted by molar-refractivity contribution is 6.66. The van der Waals surface area contributed by atoms with Crippen molar-refractivity contribution in [2.45, 2.75) is 46.0 Å². The number of fused-ring (bicyclic) bond motifs is 7. The van der Waals surface area contributed by atoms with Crippen LogP contribution in [0.15, 0.2) is 151 Å². The van der Waals surface area contributed by atoms with Gasteiger partial charge in [-0.15, -0.1) is 0 Å². The quantitative estimate of drug-likeness (QED) is 0.133. The minimum absolute atomic E-state index is 0.879. The first kappa shape index (κ1) is 33.3. The standard InChI is InChI=1S/C51H43BN3/c1-31-26-43-42-30-39(53)21-24-45(42)54-51(43)44(27-31)49-48-38(28-37-16-10-11-17-41(37)48)29-47-50(49)52-33(3)46(25-18-32(2)34-12-6-4-7-13-34)55(47)40-22-19-36(20-23-40)35-14-8-5-9-15-35/h4,6-8,10-20,22-23,25-27,29-30,54H,2,5,9,21,24,28,53H2,1,3H3/b25-18-. The van der Waals surface area contributed by atoms with Gasteiger partial charge in [0.1, 0.15) is 0 Å². The molecule has 0 unspecified atom stereocenters. The predicted octanol–water partition coefficient (Wildman–Crippen LogP) is 11.7. The van der Waals surface area contributed by atoms with E-state index in [0.29, 0.717) is 0 Å². The molecule has 0 saturated carbocycles. The highest BCUT2D eigenvalue weighted by Crippen LogP contribution is 2.49. The number of aromatic nitrogens is 1. The molecule has 265 valence electrons. The van der Waals surface area contributed by atoms with Crippen molar-refractivity contribution in [1.82, 2.24) is 4.98 Å². The van der Waals surface area contributed by atoms with Crippen molar-refractivity contribution >= 4 is 52.2 Å². The van der Waals surface area contributed by atoms with Crippen LogP contribution in [-0.4, -0.2) is 12.3 Å². The van der Waals surface area contributed by atoms with Gasteiger partial charge in [0.15, 0.2) is 7.28 Å². The lowest BCUT2D eigenvalue weighted by atomic mass is 9.57.